The van der Waals surface area contributed by atoms with E-state index >= 15 is 0 Å². The molecule has 0 atom stereocenters. The van der Waals surface area contributed by atoms with Gasteiger partial charge in [-0.25, -0.2) is 0 Å². The van der Waals surface area contributed by atoms with Crippen LogP contribution in [0.2, 0.25) is 0 Å². The summed E-state index contributed by atoms with van der Waals surface area (Å²) in [5.41, 5.74) is 7.76. The summed E-state index contributed by atoms with van der Waals surface area (Å²) in [5, 5.41) is 8.70. The second-order valence-electron chi connectivity index (χ2n) is 5.88. The van der Waals surface area contributed by atoms with Crippen molar-refractivity contribution >= 4 is 12.4 Å². The fourth-order valence-electron chi connectivity index (χ4n) is 3.08. The van der Waals surface area contributed by atoms with E-state index in [-0.39, 0.29) is 0 Å². The van der Waals surface area contributed by atoms with Gasteiger partial charge in [-0.1, -0.05) is 64.1 Å². The predicted molar refractivity (Wildman–Crippen MR) is 106 cm³/mol. The zero-order valence-corrected chi connectivity index (χ0v) is 15.3. The average Bonchev–Trinajstić information content (AvgIpc) is 2.64. The predicted octanol–water partition coefficient (Wildman–Crippen LogP) is 5.39. The van der Waals surface area contributed by atoms with E-state index in [1.165, 1.54) is 33.4 Å². The third-order valence-electron chi connectivity index (χ3n) is 4.54. The monoisotopic (exact) mass is 320 g/mol. The van der Waals surface area contributed by atoms with Crippen molar-refractivity contribution in [3.05, 3.63) is 69.8 Å². The molecule has 0 unspecified atom stereocenters. The third kappa shape index (κ3) is 4.19. The van der Waals surface area contributed by atoms with Crippen LogP contribution < -0.4 is 0 Å². The first kappa shape index (κ1) is 18.1. The lowest BCUT2D eigenvalue weighted by Gasteiger charge is -2.08. The summed E-state index contributed by atoms with van der Waals surface area (Å²) in [4.78, 5) is 0. The normalized spacial score (nSPS) is 11.7. The molecule has 2 aromatic rings. The van der Waals surface area contributed by atoms with Gasteiger partial charge >= 0.3 is 0 Å². The Labute approximate surface area is 146 Å². The minimum atomic E-state index is 1.01. The Bertz CT molecular complexity index is 619. The van der Waals surface area contributed by atoms with Crippen LogP contribution in [0, 0.1) is 0 Å². The van der Waals surface area contributed by atoms with Crippen molar-refractivity contribution in [1.82, 2.24) is 0 Å². The van der Waals surface area contributed by atoms with Crippen LogP contribution in [0.25, 0.3) is 0 Å². The number of rotatable bonds is 7. The van der Waals surface area contributed by atoms with Crippen molar-refractivity contribution < 1.29 is 0 Å². The molecule has 0 aliphatic heterocycles. The van der Waals surface area contributed by atoms with Crippen molar-refractivity contribution in [2.45, 2.75) is 53.4 Å². The number of hydrogen-bond donors (Lipinski definition) is 0. The Hall–Kier alpha value is -2.22. The largest absolute Gasteiger partial charge is 0.158 e. The second-order valence-corrected chi connectivity index (χ2v) is 5.88. The highest BCUT2D eigenvalue weighted by Crippen LogP contribution is 2.16. The van der Waals surface area contributed by atoms with Crippen molar-refractivity contribution in [3.8, 4) is 0 Å². The molecular formula is C22H28N2. The van der Waals surface area contributed by atoms with Crippen molar-refractivity contribution in [3.63, 3.8) is 0 Å². The van der Waals surface area contributed by atoms with E-state index in [9.17, 15) is 0 Å². The Morgan fingerprint density at radius 3 is 1.12 bits per heavy atom. The molecule has 126 valence electrons. The molecule has 0 fully saturated rings. The van der Waals surface area contributed by atoms with E-state index in [1.54, 1.807) is 0 Å². The maximum atomic E-state index is 4.35. The van der Waals surface area contributed by atoms with Crippen molar-refractivity contribution in [2.24, 2.45) is 10.2 Å². The molecule has 0 aliphatic rings. The topological polar surface area (TPSA) is 24.7 Å². The Balaban J connectivity index is 2.29. The molecule has 0 amide bonds. The first-order chi connectivity index (χ1) is 11.7. The molecular weight excluding hydrogens is 292 g/mol. The smallest absolute Gasteiger partial charge is 0.0573 e. The van der Waals surface area contributed by atoms with Gasteiger partial charge < -0.3 is 0 Å². The van der Waals surface area contributed by atoms with E-state index in [1.807, 2.05) is 12.4 Å². The molecule has 0 radical (unpaired) electrons. The minimum Gasteiger partial charge on any atom is -0.158 e. The molecule has 0 saturated carbocycles. The highest BCUT2D eigenvalue weighted by Gasteiger charge is 2.04. The van der Waals surface area contributed by atoms with Crippen LogP contribution in [-0.2, 0) is 25.7 Å². The van der Waals surface area contributed by atoms with Crippen LogP contribution in [0.1, 0.15) is 61.1 Å². The lowest BCUT2D eigenvalue weighted by Crippen LogP contribution is -1.98. The van der Waals surface area contributed by atoms with Gasteiger partial charge in [0.25, 0.3) is 0 Å². The lowest BCUT2D eigenvalue weighted by molar-refractivity contribution is 1.07. The van der Waals surface area contributed by atoms with E-state index < -0.39 is 0 Å². The van der Waals surface area contributed by atoms with Gasteiger partial charge in [0.2, 0.25) is 0 Å². The number of benzene rings is 2. The van der Waals surface area contributed by atoms with E-state index in [0.29, 0.717) is 0 Å². The van der Waals surface area contributed by atoms with Crippen molar-refractivity contribution in [1.29, 1.82) is 0 Å². The van der Waals surface area contributed by atoms with Crippen molar-refractivity contribution in [2.75, 3.05) is 0 Å². The second kappa shape index (κ2) is 9.17. The zero-order valence-electron chi connectivity index (χ0n) is 15.3. The third-order valence-corrected chi connectivity index (χ3v) is 4.54. The lowest BCUT2D eigenvalue weighted by atomic mass is 9.98. The number of aryl methyl sites for hydroxylation is 4. The van der Waals surface area contributed by atoms with E-state index in [4.69, 9.17) is 0 Å². The average molecular weight is 320 g/mol. The van der Waals surface area contributed by atoms with E-state index in [2.05, 4.69) is 74.3 Å². The summed E-state index contributed by atoms with van der Waals surface area (Å²) in [5.74, 6) is 0. The summed E-state index contributed by atoms with van der Waals surface area (Å²) in [7, 11) is 0. The SMILES string of the molecule is CCc1cccc(CC)c1C=NN=Cc1c(CC)cccc1CC. The van der Waals surface area contributed by atoms with Gasteiger partial charge in [0.05, 0.1) is 12.4 Å². The molecule has 0 N–H and O–H groups in total. The Morgan fingerprint density at radius 1 is 0.583 bits per heavy atom. The molecule has 0 heterocycles. The maximum absolute atomic E-state index is 4.35. The molecule has 0 aliphatic carbocycles. The van der Waals surface area contributed by atoms with Crippen LogP contribution in [0.5, 0.6) is 0 Å². The highest BCUT2D eigenvalue weighted by atomic mass is 15.2. The first-order valence-corrected chi connectivity index (χ1v) is 9.02. The van der Waals surface area contributed by atoms with Crippen LogP contribution >= 0.6 is 0 Å². The fourth-order valence-corrected chi connectivity index (χ4v) is 3.08. The van der Waals surface area contributed by atoms with Crippen LogP contribution in [0.15, 0.2) is 46.6 Å². The van der Waals surface area contributed by atoms with Gasteiger partial charge in [0, 0.05) is 11.1 Å². The number of hydrogen-bond acceptors (Lipinski definition) is 2. The molecule has 2 aromatic carbocycles. The molecule has 2 rings (SSSR count). The zero-order chi connectivity index (χ0) is 17.4. The van der Waals surface area contributed by atoms with E-state index in [0.717, 1.165) is 25.7 Å². The fraction of sp³-hybridized carbons (Fsp3) is 0.364. The Kier molecular flexibility index (Phi) is 6.92. The Morgan fingerprint density at radius 2 is 0.875 bits per heavy atom. The van der Waals surface area contributed by atoms with Crippen LogP contribution in [0.3, 0.4) is 0 Å². The molecule has 0 spiro atoms. The van der Waals surface area contributed by atoms with Gasteiger partial charge in [0.15, 0.2) is 0 Å². The molecule has 2 heteroatoms. The first-order valence-electron chi connectivity index (χ1n) is 9.02. The van der Waals surface area contributed by atoms with Crippen LogP contribution in [0.4, 0.5) is 0 Å². The van der Waals surface area contributed by atoms with Gasteiger partial charge in [-0.3, -0.25) is 0 Å². The maximum Gasteiger partial charge on any atom is 0.0573 e. The highest BCUT2D eigenvalue weighted by molar-refractivity contribution is 5.86. The molecule has 2 nitrogen and oxygen atoms in total. The summed E-state index contributed by atoms with van der Waals surface area (Å²) in [6, 6.07) is 12.9. The summed E-state index contributed by atoms with van der Waals surface area (Å²) in [6.07, 6.45) is 7.87. The number of nitrogens with zero attached hydrogens (tertiary/aromatic N) is 2. The molecule has 24 heavy (non-hydrogen) atoms. The van der Waals surface area contributed by atoms with Crippen LogP contribution in [-0.4, -0.2) is 12.4 Å². The quantitative estimate of drug-likeness (QED) is 0.483. The molecule has 0 saturated heterocycles. The van der Waals surface area contributed by atoms with Gasteiger partial charge in [-0.05, 0) is 47.9 Å². The molecule has 0 aromatic heterocycles. The summed E-state index contributed by atoms with van der Waals surface area (Å²) in [6.45, 7) is 8.72. The van der Waals surface area contributed by atoms with Gasteiger partial charge in [-0.2, -0.15) is 10.2 Å². The standard InChI is InChI=1S/C22H28N2/c1-5-17-11-9-12-18(6-2)21(17)15-23-24-16-22-19(7-3)13-10-14-20(22)8-4/h9-16H,5-8H2,1-4H3. The summed E-state index contributed by atoms with van der Waals surface area (Å²) >= 11 is 0. The molecule has 0 bridgehead atoms. The van der Waals surface area contributed by atoms with Gasteiger partial charge in [0.1, 0.15) is 0 Å². The van der Waals surface area contributed by atoms with Gasteiger partial charge in [-0.15, -0.1) is 0 Å². The minimum absolute atomic E-state index is 1.01. The summed E-state index contributed by atoms with van der Waals surface area (Å²) < 4.78 is 0.